The van der Waals surface area contributed by atoms with Crippen LogP contribution >= 0.6 is 0 Å². The molecule has 3 aromatic rings. The van der Waals surface area contributed by atoms with Crippen LogP contribution in [0.1, 0.15) is 27.2 Å². The fourth-order valence-corrected chi connectivity index (χ4v) is 3.08. The predicted molar refractivity (Wildman–Crippen MR) is 93.7 cm³/mol. The van der Waals surface area contributed by atoms with Gasteiger partial charge in [0.05, 0.1) is 12.2 Å². The number of aromatic hydroxyl groups is 1. The zero-order chi connectivity index (χ0) is 18.3. The molecule has 0 saturated heterocycles. The van der Waals surface area contributed by atoms with Gasteiger partial charge in [-0.05, 0) is 48.2 Å². The maximum absolute atomic E-state index is 11.7. The van der Waals surface area contributed by atoms with Crippen LogP contribution in [0.25, 0.3) is 22.2 Å². The highest BCUT2D eigenvalue weighted by atomic mass is 16.3. The summed E-state index contributed by atoms with van der Waals surface area (Å²) >= 11 is 0. The molecule has 1 aromatic carbocycles. The van der Waals surface area contributed by atoms with Gasteiger partial charge in [0.15, 0.2) is 0 Å². The Morgan fingerprint density at radius 1 is 1.40 bits per heavy atom. The van der Waals surface area contributed by atoms with Gasteiger partial charge in [-0.25, -0.2) is 4.98 Å². The van der Waals surface area contributed by atoms with Crippen LogP contribution in [0, 0.1) is 25.2 Å². The Morgan fingerprint density at radius 3 is 2.72 bits per heavy atom. The van der Waals surface area contributed by atoms with E-state index in [2.05, 4.69) is 11.1 Å². The van der Waals surface area contributed by atoms with Crippen molar-refractivity contribution in [3.05, 3.63) is 46.8 Å². The van der Waals surface area contributed by atoms with Crippen LogP contribution in [0.3, 0.4) is 0 Å². The standard InChI is InChI=1S/C18H17N5O2/c1-9-3-4-14(24)10(2)15(9)12-5-13(17(21)25)22-18-16(12)11(6-19)7-23(18)8-20/h3-5,7,24H,8,20H2,1-2H3,(H2,21,25). The highest BCUT2D eigenvalue weighted by molar-refractivity contribution is 6.03. The Hall–Kier alpha value is -3.37. The number of benzene rings is 1. The van der Waals surface area contributed by atoms with Crippen molar-refractivity contribution >= 4 is 16.9 Å². The van der Waals surface area contributed by atoms with E-state index in [9.17, 15) is 15.2 Å². The summed E-state index contributed by atoms with van der Waals surface area (Å²) in [6.45, 7) is 3.77. The zero-order valence-electron chi connectivity index (χ0n) is 13.9. The average molecular weight is 335 g/mol. The number of pyridine rings is 1. The zero-order valence-corrected chi connectivity index (χ0v) is 13.9. The molecule has 0 unspecified atom stereocenters. The van der Waals surface area contributed by atoms with Crippen molar-refractivity contribution in [2.75, 3.05) is 0 Å². The Labute approximate surface area is 144 Å². The monoisotopic (exact) mass is 335 g/mol. The first-order valence-corrected chi connectivity index (χ1v) is 7.62. The minimum absolute atomic E-state index is 0.0712. The van der Waals surface area contributed by atoms with Gasteiger partial charge in [-0.2, -0.15) is 5.26 Å². The fraction of sp³-hybridized carbons (Fsp3) is 0.167. The third-order valence-corrected chi connectivity index (χ3v) is 4.31. The summed E-state index contributed by atoms with van der Waals surface area (Å²) in [6, 6.07) is 7.09. The molecule has 7 heteroatoms. The Kier molecular flexibility index (Phi) is 3.91. The van der Waals surface area contributed by atoms with Crippen molar-refractivity contribution in [2.24, 2.45) is 11.5 Å². The van der Waals surface area contributed by atoms with Gasteiger partial charge in [-0.3, -0.25) is 4.79 Å². The average Bonchev–Trinajstić information content (AvgIpc) is 2.96. The Morgan fingerprint density at radius 2 is 2.12 bits per heavy atom. The molecule has 126 valence electrons. The number of amides is 1. The number of phenolic OH excluding ortho intramolecular Hbond substituents is 1. The van der Waals surface area contributed by atoms with Crippen LogP contribution < -0.4 is 11.5 Å². The quantitative estimate of drug-likeness (QED) is 0.673. The summed E-state index contributed by atoms with van der Waals surface area (Å²) in [6.07, 6.45) is 1.60. The van der Waals surface area contributed by atoms with E-state index in [1.807, 2.05) is 6.92 Å². The molecule has 1 amide bonds. The molecule has 0 aliphatic heterocycles. The van der Waals surface area contributed by atoms with Crippen LogP contribution in [0.5, 0.6) is 5.75 Å². The number of nitrogens with zero attached hydrogens (tertiary/aromatic N) is 3. The normalized spacial score (nSPS) is 10.8. The van der Waals surface area contributed by atoms with Gasteiger partial charge in [0.25, 0.3) is 5.91 Å². The largest absolute Gasteiger partial charge is 0.508 e. The van der Waals surface area contributed by atoms with Gasteiger partial charge in [0, 0.05) is 11.6 Å². The number of carbonyl (C=O) groups is 1. The lowest BCUT2D eigenvalue weighted by Crippen LogP contribution is -2.15. The highest BCUT2D eigenvalue weighted by Gasteiger charge is 2.21. The van der Waals surface area contributed by atoms with Crippen LogP contribution in [0.4, 0.5) is 0 Å². The Bertz CT molecular complexity index is 1060. The first-order valence-electron chi connectivity index (χ1n) is 7.62. The third kappa shape index (κ3) is 2.49. The van der Waals surface area contributed by atoms with E-state index in [4.69, 9.17) is 11.5 Å². The van der Waals surface area contributed by atoms with Gasteiger partial charge in [0.2, 0.25) is 0 Å². The Balaban J connectivity index is 2.54. The van der Waals surface area contributed by atoms with Crippen molar-refractivity contribution < 1.29 is 9.90 Å². The SMILES string of the molecule is Cc1ccc(O)c(C)c1-c1cc(C(N)=O)nc2c1c(C#N)cn2CN. The molecule has 2 aromatic heterocycles. The molecule has 0 radical (unpaired) electrons. The van der Waals surface area contributed by atoms with Crippen molar-refractivity contribution in [2.45, 2.75) is 20.5 Å². The molecule has 0 aliphatic rings. The van der Waals surface area contributed by atoms with Gasteiger partial charge < -0.3 is 21.1 Å². The van der Waals surface area contributed by atoms with E-state index in [0.717, 1.165) is 11.1 Å². The second-order valence-corrected chi connectivity index (χ2v) is 5.83. The van der Waals surface area contributed by atoms with E-state index in [0.29, 0.717) is 27.7 Å². The van der Waals surface area contributed by atoms with Gasteiger partial charge in [-0.1, -0.05) is 6.07 Å². The predicted octanol–water partition coefficient (Wildman–Crippen LogP) is 1.91. The fourth-order valence-electron chi connectivity index (χ4n) is 3.08. The van der Waals surface area contributed by atoms with Crippen molar-refractivity contribution in [1.82, 2.24) is 9.55 Å². The number of aromatic nitrogens is 2. The molecular formula is C18H17N5O2. The summed E-state index contributed by atoms with van der Waals surface area (Å²) in [7, 11) is 0. The topological polar surface area (TPSA) is 131 Å². The third-order valence-electron chi connectivity index (χ3n) is 4.31. The van der Waals surface area contributed by atoms with E-state index in [1.165, 1.54) is 0 Å². The highest BCUT2D eigenvalue weighted by Crippen LogP contribution is 2.38. The summed E-state index contributed by atoms with van der Waals surface area (Å²) in [5, 5.41) is 20.2. The molecular weight excluding hydrogens is 318 g/mol. The number of phenols is 1. The molecule has 0 atom stereocenters. The molecule has 3 rings (SSSR count). The van der Waals surface area contributed by atoms with E-state index in [1.54, 1.807) is 35.9 Å². The van der Waals surface area contributed by atoms with Gasteiger partial charge in [0.1, 0.15) is 23.2 Å². The molecule has 0 aliphatic carbocycles. The number of hydrogen-bond donors (Lipinski definition) is 3. The van der Waals surface area contributed by atoms with Crippen molar-refractivity contribution in [3.8, 4) is 22.9 Å². The second kappa shape index (κ2) is 5.92. The maximum atomic E-state index is 11.7. The smallest absolute Gasteiger partial charge is 0.267 e. The molecule has 0 spiro atoms. The first kappa shape index (κ1) is 16.5. The number of hydrogen-bond acceptors (Lipinski definition) is 5. The lowest BCUT2D eigenvalue weighted by molar-refractivity contribution is 0.0996. The molecule has 5 N–H and O–H groups in total. The van der Waals surface area contributed by atoms with E-state index >= 15 is 0 Å². The molecule has 0 bridgehead atoms. The van der Waals surface area contributed by atoms with Crippen LogP contribution in [0.15, 0.2) is 24.4 Å². The van der Waals surface area contributed by atoms with E-state index < -0.39 is 5.91 Å². The number of aryl methyl sites for hydroxylation is 1. The number of rotatable bonds is 3. The number of primary amides is 1. The van der Waals surface area contributed by atoms with Crippen LogP contribution in [0.2, 0.25) is 0 Å². The van der Waals surface area contributed by atoms with Gasteiger partial charge >= 0.3 is 0 Å². The van der Waals surface area contributed by atoms with Crippen LogP contribution in [-0.4, -0.2) is 20.6 Å². The number of fused-ring (bicyclic) bond motifs is 1. The van der Waals surface area contributed by atoms with Gasteiger partial charge in [-0.15, -0.1) is 0 Å². The van der Waals surface area contributed by atoms with Crippen molar-refractivity contribution in [1.29, 1.82) is 5.26 Å². The lowest BCUT2D eigenvalue weighted by Gasteiger charge is -2.14. The molecule has 7 nitrogen and oxygen atoms in total. The molecule has 25 heavy (non-hydrogen) atoms. The minimum Gasteiger partial charge on any atom is -0.508 e. The summed E-state index contributed by atoms with van der Waals surface area (Å²) in [5.74, 6) is -0.551. The maximum Gasteiger partial charge on any atom is 0.267 e. The summed E-state index contributed by atoms with van der Waals surface area (Å²) in [4.78, 5) is 16.0. The molecule has 0 saturated carbocycles. The lowest BCUT2D eigenvalue weighted by atomic mass is 9.92. The second-order valence-electron chi connectivity index (χ2n) is 5.83. The summed E-state index contributed by atoms with van der Waals surface area (Å²) in [5.41, 5.74) is 14.9. The number of carbonyl (C=O) groups excluding carboxylic acids is 1. The summed E-state index contributed by atoms with van der Waals surface area (Å²) < 4.78 is 1.59. The van der Waals surface area contributed by atoms with Crippen molar-refractivity contribution in [3.63, 3.8) is 0 Å². The molecule has 2 heterocycles. The number of nitriles is 1. The minimum atomic E-state index is -0.679. The molecule has 0 fully saturated rings. The number of nitrogens with two attached hydrogens (primary N) is 2. The first-order chi connectivity index (χ1) is 11.9. The van der Waals surface area contributed by atoms with E-state index in [-0.39, 0.29) is 18.1 Å². The van der Waals surface area contributed by atoms with Crippen LogP contribution in [-0.2, 0) is 6.67 Å².